The second-order valence-corrected chi connectivity index (χ2v) is 9.65. The van der Waals surface area contributed by atoms with Crippen molar-refractivity contribution in [2.45, 2.75) is 70.4 Å². The van der Waals surface area contributed by atoms with Crippen molar-refractivity contribution in [3.8, 4) is 5.75 Å². The Hall–Kier alpha value is -2.34. The topological polar surface area (TPSA) is 59.4 Å². The van der Waals surface area contributed by atoms with E-state index in [1.807, 2.05) is 26.2 Å². The molecule has 2 aromatic rings. The van der Waals surface area contributed by atoms with Crippen LogP contribution in [-0.4, -0.2) is 54.4 Å². The van der Waals surface area contributed by atoms with Crippen molar-refractivity contribution >= 4 is 5.91 Å². The van der Waals surface area contributed by atoms with Crippen molar-refractivity contribution in [2.24, 2.45) is 5.92 Å². The number of amides is 1. The van der Waals surface area contributed by atoms with Crippen LogP contribution in [0.15, 0.2) is 24.3 Å². The van der Waals surface area contributed by atoms with Crippen molar-refractivity contribution in [1.29, 1.82) is 0 Å². The molecule has 6 heteroatoms. The third-order valence-corrected chi connectivity index (χ3v) is 7.12. The summed E-state index contributed by atoms with van der Waals surface area (Å²) in [7, 11) is 5.34. The number of carbonyl (C=O) groups excluding carboxylic acids is 1. The number of hydrogen-bond donors (Lipinski definition) is 1. The molecule has 6 nitrogen and oxygen atoms in total. The summed E-state index contributed by atoms with van der Waals surface area (Å²) in [6.07, 6.45) is 10.6. The van der Waals surface area contributed by atoms with Crippen LogP contribution in [0.25, 0.3) is 0 Å². The quantitative estimate of drug-likeness (QED) is 0.680. The Bertz CT molecular complexity index is 897. The van der Waals surface area contributed by atoms with Gasteiger partial charge in [-0.1, -0.05) is 31.4 Å². The number of benzene rings is 1. The first-order valence-corrected chi connectivity index (χ1v) is 12.2. The van der Waals surface area contributed by atoms with Gasteiger partial charge in [0, 0.05) is 37.9 Å². The third kappa shape index (κ3) is 5.34. The molecule has 1 aromatic carbocycles. The van der Waals surface area contributed by atoms with E-state index in [9.17, 15) is 4.79 Å². The summed E-state index contributed by atoms with van der Waals surface area (Å²) in [5, 5.41) is 8.60. The number of nitrogens with zero attached hydrogens (tertiary/aromatic N) is 3. The van der Waals surface area contributed by atoms with Gasteiger partial charge in [0.25, 0.3) is 5.91 Å². The van der Waals surface area contributed by atoms with Gasteiger partial charge < -0.3 is 15.0 Å². The molecule has 32 heavy (non-hydrogen) atoms. The molecule has 1 aromatic heterocycles. The maximum atomic E-state index is 12.9. The van der Waals surface area contributed by atoms with Gasteiger partial charge in [0.15, 0.2) is 5.69 Å². The first-order chi connectivity index (χ1) is 15.5. The van der Waals surface area contributed by atoms with E-state index in [0.717, 1.165) is 44.5 Å². The van der Waals surface area contributed by atoms with Crippen LogP contribution in [0.3, 0.4) is 0 Å². The second kappa shape index (κ2) is 10.5. The van der Waals surface area contributed by atoms with Gasteiger partial charge in [0.2, 0.25) is 0 Å². The summed E-state index contributed by atoms with van der Waals surface area (Å²) in [5.74, 6) is 1.63. The van der Waals surface area contributed by atoms with E-state index in [1.165, 1.54) is 48.9 Å². The molecule has 1 amide bonds. The van der Waals surface area contributed by atoms with Crippen LogP contribution in [0.4, 0.5) is 0 Å². The Labute approximate surface area is 192 Å². The number of hydrogen-bond acceptors (Lipinski definition) is 4. The summed E-state index contributed by atoms with van der Waals surface area (Å²) >= 11 is 0. The van der Waals surface area contributed by atoms with Crippen LogP contribution in [0.1, 0.15) is 65.8 Å². The minimum atomic E-state index is 0.0301. The zero-order valence-corrected chi connectivity index (χ0v) is 19.9. The lowest BCUT2D eigenvalue weighted by molar-refractivity contribution is 0.0819. The summed E-state index contributed by atoms with van der Waals surface area (Å²) in [5.41, 5.74) is 4.45. The minimum absolute atomic E-state index is 0.0301. The molecule has 0 spiro atoms. The number of fused-ring (bicyclic) bond motifs is 1. The maximum Gasteiger partial charge on any atom is 0.274 e. The van der Waals surface area contributed by atoms with Gasteiger partial charge >= 0.3 is 0 Å². The largest absolute Gasteiger partial charge is 0.497 e. The predicted molar refractivity (Wildman–Crippen MR) is 127 cm³/mol. The first-order valence-electron chi connectivity index (χ1n) is 12.2. The highest BCUT2D eigenvalue weighted by atomic mass is 16.5. The fourth-order valence-electron chi connectivity index (χ4n) is 5.22. The monoisotopic (exact) mass is 438 g/mol. The average molecular weight is 439 g/mol. The van der Waals surface area contributed by atoms with Crippen molar-refractivity contribution < 1.29 is 9.53 Å². The molecule has 0 bridgehead atoms. The molecule has 1 saturated carbocycles. The van der Waals surface area contributed by atoms with E-state index in [1.54, 1.807) is 12.0 Å². The normalized spacial score (nSPS) is 18.9. The number of methoxy groups -OCH3 is 1. The van der Waals surface area contributed by atoms with Gasteiger partial charge in [0.05, 0.1) is 7.11 Å². The van der Waals surface area contributed by atoms with E-state index >= 15 is 0 Å². The van der Waals surface area contributed by atoms with Crippen molar-refractivity contribution in [3.63, 3.8) is 0 Å². The smallest absolute Gasteiger partial charge is 0.274 e. The molecular formula is C26H38N4O2. The molecular weight excluding hydrogens is 400 g/mol. The molecule has 0 radical (unpaired) electrons. The minimum Gasteiger partial charge on any atom is -0.497 e. The van der Waals surface area contributed by atoms with Gasteiger partial charge in [0.1, 0.15) is 5.75 Å². The molecule has 1 heterocycles. The van der Waals surface area contributed by atoms with Gasteiger partial charge in [-0.25, -0.2) is 0 Å². The van der Waals surface area contributed by atoms with Crippen molar-refractivity contribution in [1.82, 2.24) is 20.0 Å². The molecule has 2 aliphatic carbocycles. The predicted octanol–water partition coefficient (Wildman–Crippen LogP) is 3.86. The fourth-order valence-corrected chi connectivity index (χ4v) is 5.22. The van der Waals surface area contributed by atoms with Crippen LogP contribution < -0.4 is 10.1 Å². The zero-order valence-electron chi connectivity index (χ0n) is 19.9. The average Bonchev–Trinajstić information content (AvgIpc) is 3.17. The van der Waals surface area contributed by atoms with Crippen LogP contribution >= 0.6 is 0 Å². The Morgan fingerprint density at radius 2 is 1.91 bits per heavy atom. The molecule has 4 rings (SSSR count). The van der Waals surface area contributed by atoms with Gasteiger partial charge in [-0.05, 0) is 68.7 Å². The van der Waals surface area contributed by atoms with Gasteiger partial charge in [-0.3, -0.25) is 9.48 Å². The molecule has 1 fully saturated rings. The molecule has 1 N–H and O–H groups in total. The molecule has 1 atom stereocenters. The zero-order chi connectivity index (χ0) is 22.5. The van der Waals surface area contributed by atoms with E-state index in [2.05, 4.69) is 22.1 Å². The van der Waals surface area contributed by atoms with Crippen LogP contribution in [0.2, 0.25) is 0 Å². The maximum absolute atomic E-state index is 12.9. The van der Waals surface area contributed by atoms with Crippen LogP contribution in [0, 0.1) is 5.92 Å². The number of ether oxygens (including phenoxy) is 1. The molecule has 0 aliphatic heterocycles. The Kier molecular flexibility index (Phi) is 7.51. The highest BCUT2D eigenvalue weighted by Crippen LogP contribution is 2.30. The number of rotatable bonds is 8. The second-order valence-electron chi connectivity index (χ2n) is 9.65. The molecule has 174 valence electrons. The van der Waals surface area contributed by atoms with Crippen LogP contribution in [-0.2, 0) is 25.8 Å². The Morgan fingerprint density at radius 1 is 1.16 bits per heavy atom. The van der Waals surface area contributed by atoms with E-state index in [4.69, 9.17) is 9.84 Å². The highest BCUT2D eigenvalue weighted by Gasteiger charge is 2.30. The lowest BCUT2D eigenvalue weighted by Crippen LogP contribution is -2.37. The molecule has 0 unspecified atom stereocenters. The van der Waals surface area contributed by atoms with Gasteiger partial charge in [-0.2, -0.15) is 5.10 Å². The first kappa shape index (κ1) is 22.8. The van der Waals surface area contributed by atoms with Crippen LogP contribution in [0.5, 0.6) is 5.75 Å². The Balaban J connectivity index is 1.42. The molecule has 2 aliphatic rings. The van der Waals surface area contributed by atoms with Crippen molar-refractivity contribution in [2.75, 3.05) is 27.7 Å². The van der Waals surface area contributed by atoms with Crippen molar-refractivity contribution in [3.05, 3.63) is 46.8 Å². The van der Waals surface area contributed by atoms with E-state index in [0.29, 0.717) is 17.7 Å². The van der Waals surface area contributed by atoms with Gasteiger partial charge in [-0.15, -0.1) is 0 Å². The van der Waals surface area contributed by atoms with E-state index < -0.39 is 0 Å². The summed E-state index contributed by atoms with van der Waals surface area (Å²) in [6, 6.07) is 8.68. The fraction of sp³-hybridized carbons (Fsp3) is 0.615. The lowest BCUT2D eigenvalue weighted by atomic mass is 9.88. The number of nitrogens with one attached hydrogen (secondary N) is 1. The highest BCUT2D eigenvalue weighted by molar-refractivity contribution is 5.93. The number of aromatic nitrogens is 2. The number of carbonyl (C=O) groups is 1. The Morgan fingerprint density at radius 3 is 2.59 bits per heavy atom. The SMILES string of the molecule is COc1ccc(CCN[C@H]2CCc3c(c(C(=O)N(C)C)nn3CC3CCCCC3)C2)cc1. The summed E-state index contributed by atoms with van der Waals surface area (Å²) in [4.78, 5) is 14.6. The van der Waals surface area contributed by atoms with E-state index in [-0.39, 0.29) is 5.91 Å². The summed E-state index contributed by atoms with van der Waals surface area (Å²) in [6.45, 7) is 1.90. The molecule has 0 saturated heterocycles. The lowest BCUT2D eigenvalue weighted by Gasteiger charge is -2.26. The standard InChI is InChI=1S/C26H38N4O2/c1-29(2)26(31)25-23-17-21(27-16-15-19-9-12-22(32-3)13-10-19)11-14-24(23)30(28-25)18-20-7-5-4-6-8-20/h9-10,12-13,20-21,27H,4-8,11,14-18H2,1-3H3/t21-/m0/s1. The summed E-state index contributed by atoms with van der Waals surface area (Å²) < 4.78 is 7.43. The third-order valence-electron chi connectivity index (χ3n) is 7.12.